The number of aryl methyl sites for hydroxylation is 1. The molecule has 2 N–H and O–H groups in total. The van der Waals surface area contributed by atoms with Crippen molar-refractivity contribution in [3.05, 3.63) is 45.9 Å². The van der Waals surface area contributed by atoms with Crippen LogP contribution in [0.4, 0.5) is 11.6 Å². The Kier molecular flexibility index (Phi) is 3.18. The van der Waals surface area contributed by atoms with Crippen molar-refractivity contribution in [3.63, 3.8) is 0 Å². The summed E-state index contributed by atoms with van der Waals surface area (Å²) in [5, 5.41) is 10.4. The zero-order valence-corrected chi connectivity index (χ0v) is 10.0. The van der Waals surface area contributed by atoms with Crippen LogP contribution in [0.3, 0.4) is 0 Å². The van der Waals surface area contributed by atoms with Crippen molar-refractivity contribution < 1.29 is 4.79 Å². The van der Waals surface area contributed by atoms with Gasteiger partial charge in [0.1, 0.15) is 5.69 Å². The summed E-state index contributed by atoms with van der Waals surface area (Å²) in [4.78, 5) is 25.0. The molecule has 2 aromatic rings. The first-order valence-electron chi connectivity index (χ1n) is 5.38. The summed E-state index contributed by atoms with van der Waals surface area (Å²) >= 11 is 0. The first-order chi connectivity index (χ1) is 8.56. The maximum absolute atomic E-state index is 11.3. The lowest BCUT2D eigenvalue weighted by atomic mass is 10.1. The molecule has 0 radical (unpaired) electrons. The first-order valence-corrected chi connectivity index (χ1v) is 5.38. The average molecular weight is 244 g/mol. The predicted octanol–water partition coefficient (Wildman–Crippen LogP) is 1.42. The van der Waals surface area contributed by atoms with Gasteiger partial charge in [0, 0.05) is 11.3 Å². The maximum Gasteiger partial charge on any atom is 0.273 e. The summed E-state index contributed by atoms with van der Waals surface area (Å²) in [6.07, 6.45) is 0. The van der Waals surface area contributed by atoms with E-state index < -0.39 is 0 Å². The van der Waals surface area contributed by atoms with Crippen molar-refractivity contribution in [1.82, 2.24) is 15.2 Å². The molecule has 0 spiro atoms. The number of ketones is 1. The SMILES string of the molecule is CC(=O)c1ccc(Nc2nnc(C)c(=O)[nH]2)cc1. The smallest absolute Gasteiger partial charge is 0.273 e. The number of H-pyrrole nitrogens is 1. The Labute approximate surface area is 103 Å². The monoisotopic (exact) mass is 244 g/mol. The minimum absolute atomic E-state index is 0.00471. The van der Waals surface area contributed by atoms with Crippen molar-refractivity contribution in [2.75, 3.05) is 5.32 Å². The molecule has 0 fully saturated rings. The number of nitrogens with zero attached hydrogens (tertiary/aromatic N) is 2. The van der Waals surface area contributed by atoms with E-state index in [2.05, 4.69) is 20.5 Å². The van der Waals surface area contributed by atoms with Crippen LogP contribution >= 0.6 is 0 Å². The molecule has 0 saturated carbocycles. The molecule has 6 heteroatoms. The zero-order valence-electron chi connectivity index (χ0n) is 10.0. The van der Waals surface area contributed by atoms with Crippen molar-refractivity contribution in [3.8, 4) is 0 Å². The van der Waals surface area contributed by atoms with Crippen molar-refractivity contribution >= 4 is 17.4 Å². The highest BCUT2D eigenvalue weighted by Crippen LogP contribution is 2.12. The maximum atomic E-state index is 11.3. The minimum Gasteiger partial charge on any atom is -0.324 e. The Hall–Kier alpha value is -2.50. The fraction of sp³-hybridized carbons (Fsp3) is 0.167. The highest BCUT2D eigenvalue weighted by molar-refractivity contribution is 5.94. The van der Waals surface area contributed by atoms with Gasteiger partial charge in [0.2, 0.25) is 5.95 Å². The van der Waals surface area contributed by atoms with Crippen LogP contribution in [-0.4, -0.2) is 21.0 Å². The van der Waals surface area contributed by atoms with Gasteiger partial charge in [0.05, 0.1) is 0 Å². The number of benzene rings is 1. The normalized spacial score (nSPS) is 10.1. The number of nitrogens with one attached hydrogen (secondary N) is 2. The second-order valence-corrected chi connectivity index (χ2v) is 3.85. The Morgan fingerprint density at radius 2 is 1.89 bits per heavy atom. The van der Waals surface area contributed by atoms with Crippen LogP contribution < -0.4 is 10.9 Å². The largest absolute Gasteiger partial charge is 0.324 e. The number of anilines is 2. The topological polar surface area (TPSA) is 87.7 Å². The number of hydrogen-bond acceptors (Lipinski definition) is 5. The lowest BCUT2D eigenvalue weighted by Crippen LogP contribution is -2.15. The number of rotatable bonds is 3. The Morgan fingerprint density at radius 3 is 2.44 bits per heavy atom. The fourth-order valence-corrected chi connectivity index (χ4v) is 1.37. The number of carbonyl (C=O) groups excluding carboxylic acids is 1. The Bertz CT molecular complexity index is 631. The molecule has 0 saturated heterocycles. The van der Waals surface area contributed by atoms with Gasteiger partial charge in [-0.15, -0.1) is 10.2 Å². The van der Waals surface area contributed by atoms with E-state index in [1.54, 1.807) is 31.2 Å². The Balaban J connectivity index is 2.20. The Morgan fingerprint density at radius 1 is 1.22 bits per heavy atom. The first kappa shape index (κ1) is 12.0. The molecule has 92 valence electrons. The standard InChI is InChI=1S/C12H12N4O2/c1-7-11(18)14-12(16-15-7)13-10-5-3-9(4-6-10)8(2)17/h3-6H,1-2H3,(H2,13,14,16,18). The van der Waals surface area contributed by atoms with Crippen LogP contribution in [0.25, 0.3) is 0 Å². The number of aromatic amines is 1. The minimum atomic E-state index is -0.284. The molecule has 0 aliphatic carbocycles. The quantitative estimate of drug-likeness (QED) is 0.797. The van der Waals surface area contributed by atoms with Gasteiger partial charge >= 0.3 is 0 Å². The van der Waals surface area contributed by atoms with Gasteiger partial charge in [-0.2, -0.15) is 0 Å². The zero-order chi connectivity index (χ0) is 13.1. The molecule has 0 atom stereocenters. The fourth-order valence-electron chi connectivity index (χ4n) is 1.37. The molecular formula is C12H12N4O2. The molecule has 0 bridgehead atoms. The number of Topliss-reactive ketones (excluding diaryl/α,β-unsaturated/α-hetero) is 1. The summed E-state index contributed by atoms with van der Waals surface area (Å²) < 4.78 is 0. The van der Waals surface area contributed by atoms with Crippen LogP contribution in [0.1, 0.15) is 23.0 Å². The molecule has 0 unspecified atom stereocenters. The van der Waals surface area contributed by atoms with E-state index in [1.807, 2.05) is 0 Å². The van der Waals surface area contributed by atoms with E-state index in [0.29, 0.717) is 16.9 Å². The molecule has 0 aliphatic heterocycles. The van der Waals surface area contributed by atoms with E-state index in [4.69, 9.17) is 0 Å². The van der Waals surface area contributed by atoms with E-state index in [1.165, 1.54) is 6.92 Å². The van der Waals surface area contributed by atoms with Gasteiger partial charge in [-0.1, -0.05) is 0 Å². The predicted molar refractivity (Wildman–Crippen MR) is 67.1 cm³/mol. The van der Waals surface area contributed by atoms with E-state index in [0.717, 1.165) is 0 Å². The van der Waals surface area contributed by atoms with E-state index >= 15 is 0 Å². The van der Waals surface area contributed by atoms with Gasteiger partial charge in [-0.3, -0.25) is 14.6 Å². The van der Waals surface area contributed by atoms with Crippen molar-refractivity contribution in [2.45, 2.75) is 13.8 Å². The highest BCUT2D eigenvalue weighted by Gasteiger charge is 2.02. The second kappa shape index (κ2) is 4.79. The van der Waals surface area contributed by atoms with Gasteiger partial charge in [-0.05, 0) is 38.1 Å². The molecule has 0 aliphatic rings. The molecule has 18 heavy (non-hydrogen) atoms. The van der Waals surface area contributed by atoms with Crippen LogP contribution in [0.2, 0.25) is 0 Å². The molecule has 2 rings (SSSR count). The van der Waals surface area contributed by atoms with Crippen LogP contribution in [0, 0.1) is 6.92 Å². The van der Waals surface area contributed by atoms with E-state index in [-0.39, 0.29) is 17.3 Å². The van der Waals surface area contributed by atoms with Crippen molar-refractivity contribution in [1.29, 1.82) is 0 Å². The average Bonchev–Trinajstić information content (AvgIpc) is 2.34. The lowest BCUT2D eigenvalue weighted by Gasteiger charge is -2.04. The van der Waals surface area contributed by atoms with Crippen molar-refractivity contribution in [2.24, 2.45) is 0 Å². The van der Waals surface area contributed by atoms with Crippen LogP contribution in [0.15, 0.2) is 29.1 Å². The van der Waals surface area contributed by atoms with Gasteiger partial charge < -0.3 is 5.32 Å². The van der Waals surface area contributed by atoms with E-state index in [9.17, 15) is 9.59 Å². The number of aromatic nitrogens is 3. The molecule has 1 aromatic carbocycles. The summed E-state index contributed by atoms with van der Waals surface area (Å²) in [6.45, 7) is 3.09. The van der Waals surface area contributed by atoms with Crippen LogP contribution in [0.5, 0.6) is 0 Å². The molecule has 1 aromatic heterocycles. The second-order valence-electron chi connectivity index (χ2n) is 3.85. The molecule has 0 amide bonds. The van der Waals surface area contributed by atoms with Gasteiger partial charge in [0.15, 0.2) is 5.78 Å². The number of carbonyl (C=O) groups is 1. The third kappa shape index (κ3) is 2.60. The molecule has 6 nitrogen and oxygen atoms in total. The summed E-state index contributed by atoms with van der Waals surface area (Å²) in [5.41, 5.74) is 1.37. The summed E-state index contributed by atoms with van der Waals surface area (Å²) in [7, 11) is 0. The van der Waals surface area contributed by atoms with Crippen LogP contribution in [-0.2, 0) is 0 Å². The summed E-state index contributed by atoms with van der Waals surface area (Å²) in [5.74, 6) is 0.270. The molecular weight excluding hydrogens is 232 g/mol. The summed E-state index contributed by atoms with van der Waals surface area (Å²) in [6, 6.07) is 6.86. The lowest BCUT2D eigenvalue weighted by molar-refractivity contribution is 0.101. The van der Waals surface area contributed by atoms with Gasteiger partial charge in [0.25, 0.3) is 5.56 Å². The highest BCUT2D eigenvalue weighted by atomic mass is 16.1. The number of hydrogen-bond donors (Lipinski definition) is 2. The van der Waals surface area contributed by atoms with Gasteiger partial charge in [-0.25, -0.2) is 0 Å². The molecule has 1 heterocycles. The third-order valence-corrected chi connectivity index (χ3v) is 2.41. The third-order valence-electron chi connectivity index (χ3n) is 2.41.